The summed E-state index contributed by atoms with van der Waals surface area (Å²) in [4.78, 5) is 11.3. The first-order valence-corrected chi connectivity index (χ1v) is 5.80. The van der Waals surface area contributed by atoms with E-state index in [-0.39, 0.29) is 5.56 Å². The van der Waals surface area contributed by atoms with Crippen LogP contribution in [0.3, 0.4) is 0 Å². The third-order valence-electron chi connectivity index (χ3n) is 2.48. The molecule has 0 spiro atoms. The van der Waals surface area contributed by atoms with Crippen LogP contribution in [0.2, 0.25) is 10.0 Å². The topological polar surface area (TPSA) is 43.1 Å². The Hall–Kier alpha value is -1.58. The first-order valence-electron chi connectivity index (χ1n) is 5.04. The Balaban J connectivity index is 2.75. The molecule has 0 unspecified atom stereocenters. The predicted octanol–water partition coefficient (Wildman–Crippen LogP) is 3.90. The number of halogens is 3. The van der Waals surface area contributed by atoms with E-state index in [1.807, 2.05) is 0 Å². The second kappa shape index (κ2) is 4.96. The van der Waals surface area contributed by atoms with E-state index in [2.05, 4.69) is 0 Å². The molecular formula is C13H8Cl2FNO. The first kappa shape index (κ1) is 12.9. The van der Waals surface area contributed by atoms with Crippen molar-refractivity contribution in [3.8, 4) is 11.1 Å². The van der Waals surface area contributed by atoms with Crippen LogP contribution in [0.15, 0.2) is 36.4 Å². The van der Waals surface area contributed by atoms with E-state index in [4.69, 9.17) is 28.9 Å². The molecule has 18 heavy (non-hydrogen) atoms. The van der Waals surface area contributed by atoms with Gasteiger partial charge in [-0.1, -0.05) is 35.3 Å². The van der Waals surface area contributed by atoms with Crippen LogP contribution in [0.5, 0.6) is 0 Å². The molecule has 2 rings (SSSR count). The normalized spacial score (nSPS) is 10.4. The fourth-order valence-electron chi connectivity index (χ4n) is 1.69. The van der Waals surface area contributed by atoms with Crippen molar-refractivity contribution in [2.24, 2.45) is 5.73 Å². The number of primary amides is 1. The maximum Gasteiger partial charge on any atom is 0.249 e. The molecule has 0 fully saturated rings. The maximum absolute atomic E-state index is 13.2. The molecule has 0 saturated heterocycles. The average molecular weight is 284 g/mol. The Morgan fingerprint density at radius 1 is 1.11 bits per heavy atom. The van der Waals surface area contributed by atoms with E-state index in [0.29, 0.717) is 21.2 Å². The van der Waals surface area contributed by atoms with Crippen molar-refractivity contribution in [1.29, 1.82) is 0 Å². The van der Waals surface area contributed by atoms with E-state index in [1.165, 1.54) is 12.1 Å². The molecule has 0 aliphatic carbocycles. The van der Waals surface area contributed by atoms with E-state index in [1.54, 1.807) is 18.2 Å². The van der Waals surface area contributed by atoms with Crippen LogP contribution >= 0.6 is 23.2 Å². The summed E-state index contributed by atoms with van der Waals surface area (Å²) < 4.78 is 13.2. The quantitative estimate of drug-likeness (QED) is 0.893. The highest BCUT2D eigenvalue weighted by molar-refractivity contribution is 6.39. The maximum atomic E-state index is 13.2. The van der Waals surface area contributed by atoms with Gasteiger partial charge in [-0.15, -0.1) is 0 Å². The first-order chi connectivity index (χ1) is 8.50. The van der Waals surface area contributed by atoms with Gasteiger partial charge >= 0.3 is 0 Å². The molecule has 2 aromatic rings. The molecule has 0 aliphatic rings. The summed E-state index contributed by atoms with van der Waals surface area (Å²) in [5, 5.41) is 0.744. The minimum absolute atomic E-state index is 0.0463. The number of carbonyl (C=O) groups is 1. The molecular weight excluding hydrogens is 276 g/mol. The highest BCUT2D eigenvalue weighted by atomic mass is 35.5. The van der Waals surface area contributed by atoms with Gasteiger partial charge < -0.3 is 5.73 Å². The van der Waals surface area contributed by atoms with Crippen LogP contribution in [0.25, 0.3) is 11.1 Å². The molecule has 2 aromatic carbocycles. The van der Waals surface area contributed by atoms with E-state index in [9.17, 15) is 9.18 Å². The SMILES string of the molecule is NC(=O)c1cc(F)ccc1-c1c(Cl)cccc1Cl. The Kier molecular flexibility index (Phi) is 3.55. The summed E-state index contributed by atoms with van der Waals surface area (Å²) in [7, 11) is 0. The number of benzene rings is 2. The molecule has 92 valence electrons. The number of hydrogen-bond acceptors (Lipinski definition) is 1. The smallest absolute Gasteiger partial charge is 0.249 e. The Labute approximate surface area is 113 Å². The average Bonchev–Trinajstić information content (AvgIpc) is 2.30. The van der Waals surface area contributed by atoms with Gasteiger partial charge in [-0.05, 0) is 29.8 Å². The second-order valence-electron chi connectivity index (χ2n) is 3.65. The van der Waals surface area contributed by atoms with Crippen molar-refractivity contribution in [2.75, 3.05) is 0 Å². The lowest BCUT2D eigenvalue weighted by atomic mass is 9.99. The third-order valence-corrected chi connectivity index (χ3v) is 3.11. The molecule has 0 aliphatic heterocycles. The van der Waals surface area contributed by atoms with Crippen molar-refractivity contribution in [1.82, 2.24) is 0 Å². The number of amides is 1. The van der Waals surface area contributed by atoms with Crippen molar-refractivity contribution in [2.45, 2.75) is 0 Å². The largest absolute Gasteiger partial charge is 0.366 e. The molecule has 2 N–H and O–H groups in total. The Bertz CT molecular complexity index is 608. The Morgan fingerprint density at radius 2 is 1.72 bits per heavy atom. The van der Waals surface area contributed by atoms with Gasteiger partial charge in [0.2, 0.25) is 5.91 Å². The van der Waals surface area contributed by atoms with Crippen LogP contribution in [0.4, 0.5) is 4.39 Å². The molecule has 5 heteroatoms. The summed E-state index contributed by atoms with van der Waals surface area (Å²) >= 11 is 12.1. The summed E-state index contributed by atoms with van der Waals surface area (Å²) in [5.74, 6) is -1.28. The molecule has 0 saturated carbocycles. The van der Waals surface area contributed by atoms with E-state index >= 15 is 0 Å². The number of nitrogens with two attached hydrogens (primary N) is 1. The summed E-state index contributed by atoms with van der Waals surface area (Å²) in [6.45, 7) is 0. The monoisotopic (exact) mass is 283 g/mol. The summed E-state index contributed by atoms with van der Waals surface area (Å²) in [6.07, 6.45) is 0. The zero-order valence-electron chi connectivity index (χ0n) is 9.08. The van der Waals surface area contributed by atoms with Gasteiger partial charge in [0, 0.05) is 21.2 Å². The van der Waals surface area contributed by atoms with Gasteiger partial charge in [-0.25, -0.2) is 4.39 Å². The number of carbonyl (C=O) groups excluding carboxylic acids is 1. The summed E-state index contributed by atoms with van der Waals surface area (Å²) in [6, 6.07) is 8.68. The van der Waals surface area contributed by atoms with Crippen LogP contribution in [0, 0.1) is 5.82 Å². The molecule has 0 atom stereocenters. The molecule has 0 radical (unpaired) electrons. The van der Waals surface area contributed by atoms with Gasteiger partial charge in [0.05, 0.1) is 0 Å². The Morgan fingerprint density at radius 3 is 2.28 bits per heavy atom. The molecule has 0 aromatic heterocycles. The lowest BCUT2D eigenvalue weighted by Crippen LogP contribution is -2.13. The number of rotatable bonds is 2. The van der Waals surface area contributed by atoms with Gasteiger partial charge in [-0.2, -0.15) is 0 Å². The van der Waals surface area contributed by atoms with Crippen molar-refractivity contribution < 1.29 is 9.18 Å². The van der Waals surface area contributed by atoms with Crippen LogP contribution < -0.4 is 5.73 Å². The highest BCUT2D eigenvalue weighted by Gasteiger charge is 2.16. The minimum atomic E-state index is -0.736. The third kappa shape index (κ3) is 2.33. The van der Waals surface area contributed by atoms with Crippen LogP contribution in [0.1, 0.15) is 10.4 Å². The summed E-state index contributed by atoms with van der Waals surface area (Å²) in [5.41, 5.74) is 6.16. The van der Waals surface area contributed by atoms with Crippen LogP contribution in [-0.4, -0.2) is 5.91 Å². The lowest BCUT2D eigenvalue weighted by Gasteiger charge is -2.10. The van der Waals surface area contributed by atoms with Gasteiger partial charge in [-0.3, -0.25) is 4.79 Å². The number of hydrogen-bond donors (Lipinski definition) is 1. The van der Waals surface area contributed by atoms with Crippen molar-refractivity contribution in [3.63, 3.8) is 0 Å². The van der Waals surface area contributed by atoms with Crippen molar-refractivity contribution in [3.05, 3.63) is 57.8 Å². The highest BCUT2D eigenvalue weighted by Crippen LogP contribution is 2.36. The zero-order valence-corrected chi connectivity index (χ0v) is 10.6. The molecule has 2 nitrogen and oxygen atoms in total. The lowest BCUT2D eigenvalue weighted by molar-refractivity contribution is 0.100. The van der Waals surface area contributed by atoms with E-state index in [0.717, 1.165) is 6.07 Å². The standard InChI is InChI=1S/C13H8Cl2FNO/c14-10-2-1-3-11(15)12(10)8-5-4-7(16)6-9(8)13(17)18/h1-6H,(H2,17,18). The van der Waals surface area contributed by atoms with Crippen molar-refractivity contribution >= 4 is 29.1 Å². The fourth-order valence-corrected chi connectivity index (χ4v) is 2.29. The van der Waals surface area contributed by atoms with Gasteiger partial charge in [0.1, 0.15) is 5.82 Å². The fraction of sp³-hybridized carbons (Fsp3) is 0. The van der Waals surface area contributed by atoms with Gasteiger partial charge in [0.15, 0.2) is 0 Å². The predicted molar refractivity (Wildman–Crippen MR) is 70.4 cm³/mol. The second-order valence-corrected chi connectivity index (χ2v) is 4.47. The van der Waals surface area contributed by atoms with E-state index < -0.39 is 11.7 Å². The van der Waals surface area contributed by atoms with Crippen LogP contribution in [-0.2, 0) is 0 Å². The zero-order chi connectivity index (χ0) is 13.3. The van der Waals surface area contributed by atoms with Gasteiger partial charge in [0.25, 0.3) is 0 Å². The molecule has 1 amide bonds. The molecule has 0 heterocycles. The molecule has 0 bridgehead atoms. The minimum Gasteiger partial charge on any atom is -0.366 e.